The van der Waals surface area contributed by atoms with E-state index in [0.29, 0.717) is 16.8 Å². The van der Waals surface area contributed by atoms with Gasteiger partial charge in [-0.05, 0) is 43.7 Å². The molecule has 0 radical (unpaired) electrons. The number of nitrogens with zero attached hydrogens (tertiary/aromatic N) is 4. The van der Waals surface area contributed by atoms with Gasteiger partial charge < -0.3 is 4.57 Å². The minimum atomic E-state index is -0.515. The van der Waals surface area contributed by atoms with Gasteiger partial charge >= 0.3 is 0 Å². The van der Waals surface area contributed by atoms with Crippen molar-refractivity contribution in [1.29, 1.82) is 0 Å². The zero-order valence-electron chi connectivity index (χ0n) is 15.2. The van der Waals surface area contributed by atoms with E-state index in [4.69, 9.17) is 16.6 Å². The number of alkyl halides is 1. The van der Waals surface area contributed by atoms with E-state index in [0.717, 1.165) is 49.2 Å². The molecular formula is C21H22ClFN4. The van der Waals surface area contributed by atoms with Crippen LogP contribution in [0.1, 0.15) is 41.5 Å². The minimum Gasteiger partial charge on any atom is -0.342 e. The molecule has 6 heteroatoms. The molecule has 140 valence electrons. The quantitative estimate of drug-likeness (QED) is 0.664. The molecule has 1 saturated heterocycles. The summed E-state index contributed by atoms with van der Waals surface area (Å²) in [5.41, 5.74) is 6.40. The van der Waals surface area contributed by atoms with Crippen LogP contribution < -0.4 is 0 Å². The van der Waals surface area contributed by atoms with Gasteiger partial charge in [0, 0.05) is 55.1 Å². The van der Waals surface area contributed by atoms with Gasteiger partial charge in [-0.25, -0.2) is 9.37 Å². The molecule has 1 fully saturated rings. The second kappa shape index (κ2) is 6.88. The topological polar surface area (TPSA) is 34.0 Å². The van der Waals surface area contributed by atoms with Crippen molar-refractivity contribution in [3.63, 3.8) is 0 Å². The Labute approximate surface area is 163 Å². The molecule has 3 aromatic heterocycles. The fourth-order valence-electron chi connectivity index (χ4n) is 4.74. The molecule has 0 spiro atoms. The largest absolute Gasteiger partial charge is 0.342 e. The molecule has 4 nitrogen and oxygen atoms in total. The van der Waals surface area contributed by atoms with Gasteiger partial charge in [0.15, 0.2) is 0 Å². The summed E-state index contributed by atoms with van der Waals surface area (Å²) < 4.78 is 15.7. The Bertz CT molecular complexity index is 982. The van der Waals surface area contributed by atoms with Crippen LogP contribution in [0.3, 0.4) is 0 Å². The zero-order chi connectivity index (χ0) is 18.4. The lowest BCUT2D eigenvalue weighted by Crippen LogP contribution is -2.31. The number of aryl methyl sites for hydroxylation is 2. The van der Waals surface area contributed by atoms with Crippen LogP contribution in [0.15, 0.2) is 30.5 Å². The second-order valence-electron chi connectivity index (χ2n) is 7.48. The minimum absolute atomic E-state index is 0.438. The third kappa shape index (κ3) is 2.93. The Morgan fingerprint density at radius 2 is 2.04 bits per heavy atom. The average Bonchev–Trinajstić information content (AvgIpc) is 3.29. The second-order valence-corrected chi connectivity index (χ2v) is 7.91. The van der Waals surface area contributed by atoms with E-state index in [-0.39, 0.29) is 0 Å². The molecule has 0 aromatic carbocycles. The predicted molar refractivity (Wildman–Crippen MR) is 105 cm³/mol. The van der Waals surface area contributed by atoms with Gasteiger partial charge in [0.2, 0.25) is 0 Å². The van der Waals surface area contributed by atoms with Crippen LogP contribution >= 0.6 is 11.6 Å². The molecule has 0 N–H and O–H groups in total. The van der Waals surface area contributed by atoms with E-state index in [1.165, 1.54) is 24.1 Å². The number of hydrogen-bond acceptors (Lipinski definition) is 3. The highest BCUT2D eigenvalue weighted by molar-refractivity contribution is 6.30. The van der Waals surface area contributed by atoms with Crippen LogP contribution in [-0.2, 0) is 26.1 Å². The monoisotopic (exact) mass is 384 g/mol. The molecule has 2 aliphatic heterocycles. The molecule has 27 heavy (non-hydrogen) atoms. The molecule has 5 heterocycles. The lowest BCUT2D eigenvalue weighted by Gasteiger charge is -2.30. The SMILES string of the molecule is FCc1ccc2c(n1)c1c(n2CCc2ccc(Cl)cn2)CCN2CCCC12. The van der Waals surface area contributed by atoms with Crippen molar-refractivity contribution < 1.29 is 4.39 Å². The van der Waals surface area contributed by atoms with Crippen LogP contribution in [0.2, 0.25) is 5.02 Å². The average molecular weight is 385 g/mol. The molecule has 5 rings (SSSR count). The van der Waals surface area contributed by atoms with E-state index >= 15 is 0 Å². The van der Waals surface area contributed by atoms with Crippen LogP contribution in [0, 0.1) is 0 Å². The van der Waals surface area contributed by atoms with Crippen LogP contribution in [0.4, 0.5) is 4.39 Å². The summed E-state index contributed by atoms with van der Waals surface area (Å²) in [6.45, 7) is 2.60. The number of halogens is 2. The standard InChI is InChI=1S/C21H22ClFN4/c22-14-3-4-15(24-13-14)7-11-27-18-8-10-26-9-1-2-17(26)20(18)21-19(27)6-5-16(12-23)25-21/h3-6,13,17H,1-2,7-12H2. The Kier molecular flexibility index (Phi) is 4.37. The van der Waals surface area contributed by atoms with Crippen LogP contribution in [0.25, 0.3) is 11.0 Å². The zero-order valence-corrected chi connectivity index (χ0v) is 15.9. The van der Waals surface area contributed by atoms with Gasteiger partial charge in [-0.15, -0.1) is 0 Å². The fourth-order valence-corrected chi connectivity index (χ4v) is 4.85. The predicted octanol–water partition coefficient (Wildman–Crippen LogP) is 4.49. The Hall–Kier alpha value is -1.98. The summed E-state index contributed by atoms with van der Waals surface area (Å²) in [5.74, 6) is 0. The number of rotatable bonds is 4. The van der Waals surface area contributed by atoms with Crippen molar-refractivity contribution in [3.05, 3.63) is 58.1 Å². The number of aromatic nitrogens is 3. The molecule has 2 aliphatic rings. The van der Waals surface area contributed by atoms with E-state index in [1.54, 1.807) is 6.20 Å². The highest BCUT2D eigenvalue weighted by Gasteiger charge is 2.35. The summed E-state index contributed by atoms with van der Waals surface area (Å²) in [6.07, 6.45) is 5.97. The van der Waals surface area contributed by atoms with Crippen LogP contribution in [-0.4, -0.2) is 32.5 Å². The molecule has 0 saturated carbocycles. The molecule has 1 atom stereocenters. The maximum atomic E-state index is 13.3. The Morgan fingerprint density at radius 1 is 1.15 bits per heavy atom. The lowest BCUT2D eigenvalue weighted by molar-refractivity contribution is 0.241. The van der Waals surface area contributed by atoms with Crippen molar-refractivity contribution >= 4 is 22.6 Å². The molecule has 0 amide bonds. The van der Waals surface area contributed by atoms with Crippen molar-refractivity contribution in [2.75, 3.05) is 13.1 Å². The maximum absolute atomic E-state index is 13.3. The highest BCUT2D eigenvalue weighted by Crippen LogP contribution is 2.42. The van der Waals surface area contributed by atoms with Crippen molar-refractivity contribution in [1.82, 2.24) is 19.4 Å². The lowest BCUT2D eigenvalue weighted by atomic mass is 9.98. The van der Waals surface area contributed by atoms with Gasteiger partial charge in [-0.3, -0.25) is 9.88 Å². The first kappa shape index (κ1) is 17.1. The summed E-state index contributed by atoms with van der Waals surface area (Å²) in [4.78, 5) is 11.7. The summed E-state index contributed by atoms with van der Waals surface area (Å²) in [5, 5.41) is 0.659. The molecular weight excluding hydrogens is 363 g/mol. The smallest absolute Gasteiger partial charge is 0.131 e. The van der Waals surface area contributed by atoms with E-state index in [9.17, 15) is 4.39 Å². The normalized spacial score (nSPS) is 19.4. The Balaban J connectivity index is 1.58. The number of pyridine rings is 2. The van der Waals surface area contributed by atoms with Crippen LogP contribution in [0.5, 0.6) is 0 Å². The van der Waals surface area contributed by atoms with Crippen molar-refractivity contribution in [2.24, 2.45) is 0 Å². The highest BCUT2D eigenvalue weighted by atomic mass is 35.5. The van der Waals surface area contributed by atoms with E-state index < -0.39 is 6.67 Å². The maximum Gasteiger partial charge on any atom is 0.131 e. The van der Waals surface area contributed by atoms with Gasteiger partial charge in [0.1, 0.15) is 6.67 Å². The van der Waals surface area contributed by atoms with Gasteiger partial charge in [-0.2, -0.15) is 0 Å². The van der Waals surface area contributed by atoms with Crippen molar-refractivity contribution in [2.45, 2.75) is 44.9 Å². The van der Waals surface area contributed by atoms with E-state index in [2.05, 4.69) is 14.5 Å². The number of fused-ring (bicyclic) bond motifs is 5. The molecule has 1 unspecified atom stereocenters. The summed E-state index contributed by atoms with van der Waals surface area (Å²) in [6, 6.07) is 8.17. The molecule has 0 aliphatic carbocycles. The summed E-state index contributed by atoms with van der Waals surface area (Å²) in [7, 11) is 0. The molecule has 0 bridgehead atoms. The fraction of sp³-hybridized carbons (Fsp3) is 0.429. The first-order chi connectivity index (χ1) is 13.2. The number of hydrogen-bond donors (Lipinski definition) is 0. The van der Waals surface area contributed by atoms with E-state index in [1.807, 2.05) is 24.3 Å². The molecule has 3 aromatic rings. The van der Waals surface area contributed by atoms with Crippen molar-refractivity contribution in [3.8, 4) is 0 Å². The van der Waals surface area contributed by atoms with Gasteiger partial charge in [-0.1, -0.05) is 11.6 Å². The third-order valence-corrected chi connectivity index (χ3v) is 6.19. The Morgan fingerprint density at radius 3 is 2.85 bits per heavy atom. The summed E-state index contributed by atoms with van der Waals surface area (Å²) >= 11 is 5.95. The first-order valence-electron chi connectivity index (χ1n) is 9.66. The first-order valence-corrected chi connectivity index (χ1v) is 10.0. The van der Waals surface area contributed by atoms with Gasteiger partial charge in [0.25, 0.3) is 0 Å². The van der Waals surface area contributed by atoms with Gasteiger partial charge in [0.05, 0.1) is 21.7 Å². The third-order valence-electron chi connectivity index (χ3n) is 5.96.